The van der Waals surface area contributed by atoms with Gasteiger partial charge in [-0.15, -0.1) is 0 Å². The van der Waals surface area contributed by atoms with E-state index in [-0.39, 0.29) is 17.9 Å². The molecule has 2 atom stereocenters. The molecular weight excluding hydrogens is 286 g/mol. The molecule has 1 heterocycles. The Labute approximate surface area is 110 Å². The van der Waals surface area contributed by atoms with E-state index in [0.29, 0.717) is 6.54 Å². The lowest BCUT2D eigenvalue weighted by Gasteiger charge is -2.21. The third-order valence-electron chi connectivity index (χ3n) is 2.84. The zero-order valence-corrected chi connectivity index (χ0v) is 11.9. The van der Waals surface area contributed by atoms with Gasteiger partial charge in [0.05, 0.1) is 24.4 Å². The van der Waals surface area contributed by atoms with E-state index in [1.54, 1.807) is 6.26 Å². The van der Waals surface area contributed by atoms with Gasteiger partial charge < -0.3 is 9.15 Å². The first-order valence-corrected chi connectivity index (χ1v) is 6.42. The van der Waals surface area contributed by atoms with Crippen LogP contribution in [0.4, 0.5) is 0 Å². The van der Waals surface area contributed by atoms with E-state index in [1.165, 1.54) is 7.11 Å². The average molecular weight is 304 g/mol. The summed E-state index contributed by atoms with van der Waals surface area (Å²) in [6.45, 7) is 4.56. The molecule has 0 aliphatic heterocycles. The Bertz CT molecular complexity index is 364. The Balaban J connectivity index is 2.61. The molecule has 0 saturated heterocycles. The van der Waals surface area contributed by atoms with Gasteiger partial charge in [0.2, 0.25) is 0 Å². The van der Waals surface area contributed by atoms with Crippen LogP contribution in [-0.2, 0) is 16.1 Å². The van der Waals surface area contributed by atoms with Crippen LogP contribution >= 0.6 is 15.9 Å². The summed E-state index contributed by atoms with van der Waals surface area (Å²) in [6.07, 6.45) is 2.52. The Kier molecular flexibility index (Phi) is 5.71. The Hall–Kier alpha value is -0.810. The molecule has 0 aliphatic carbocycles. The SMILES string of the molecule is CCC(C)C(NCc1occc1Br)C(=O)OC. The van der Waals surface area contributed by atoms with Gasteiger partial charge in [-0.3, -0.25) is 10.1 Å². The molecule has 1 rings (SSSR count). The molecule has 1 N–H and O–H groups in total. The molecule has 0 aromatic carbocycles. The van der Waals surface area contributed by atoms with Crippen LogP contribution in [0.1, 0.15) is 26.0 Å². The van der Waals surface area contributed by atoms with E-state index in [1.807, 2.05) is 19.9 Å². The number of carbonyl (C=O) groups excluding carboxylic acids is 1. The lowest BCUT2D eigenvalue weighted by molar-refractivity contribution is -0.144. The van der Waals surface area contributed by atoms with Crippen LogP contribution in [-0.4, -0.2) is 19.1 Å². The van der Waals surface area contributed by atoms with Crippen molar-refractivity contribution < 1.29 is 13.9 Å². The fraction of sp³-hybridized carbons (Fsp3) is 0.583. The van der Waals surface area contributed by atoms with Crippen LogP contribution in [0.2, 0.25) is 0 Å². The van der Waals surface area contributed by atoms with Gasteiger partial charge in [-0.1, -0.05) is 20.3 Å². The first-order chi connectivity index (χ1) is 8.10. The average Bonchev–Trinajstić information content (AvgIpc) is 2.74. The summed E-state index contributed by atoms with van der Waals surface area (Å²) in [5.41, 5.74) is 0. The Morgan fingerprint density at radius 1 is 1.65 bits per heavy atom. The van der Waals surface area contributed by atoms with Gasteiger partial charge in [-0.05, 0) is 27.9 Å². The van der Waals surface area contributed by atoms with Crippen LogP contribution in [0.25, 0.3) is 0 Å². The minimum Gasteiger partial charge on any atom is -0.468 e. The number of carbonyl (C=O) groups is 1. The summed E-state index contributed by atoms with van der Waals surface area (Å²) in [7, 11) is 1.40. The van der Waals surface area contributed by atoms with Crippen molar-refractivity contribution in [3.05, 3.63) is 22.6 Å². The summed E-state index contributed by atoms with van der Waals surface area (Å²) < 4.78 is 11.0. The summed E-state index contributed by atoms with van der Waals surface area (Å²) in [6, 6.07) is 1.52. The minimum absolute atomic E-state index is 0.219. The number of halogens is 1. The van der Waals surface area contributed by atoms with Crippen molar-refractivity contribution in [1.29, 1.82) is 0 Å². The highest BCUT2D eigenvalue weighted by Gasteiger charge is 2.24. The molecule has 0 saturated carbocycles. The van der Waals surface area contributed by atoms with Crippen molar-refractivity contribution in [2.45, 2.75) is 32.9 Å². The van der Waals surface area contributed by atoms with Crippen molar-refractivity contribution >= 4 is 21.9 Å². The van der Waals surface area contributed by atoms with E-state index in [4.69, 9.17) is 9.15 Å². The van der Waals surface area contributed by atoms with Gasteiger partial charge in [-0.2, -0.15) is 0 Å². The van der Waals surface area contributed by atoms with Crippen LogP contribution in [0.3, 0.4) is 0 Å². The topological polar surface area (TPSA) is 51.5 Å². The van der Waals surface area contributed by atoms with Crippen LogP contribution < -0.4 is 5.32 Å². The molecule has 0 amide bonds. The van der Waals surface area contributed by atoms with Crippen molar-refractivity contribution in [2.75, 3.05) is 7.11 Å². The van der Waals surface area contributed by atoms with Gasteiger partial charge >= 0.3 is 5.97 Å². The fourth-order valence-electron chi connectivity index (χ4n) is 1.53. The molecule has 0 spiro atoms. The number of hydrogen-bond donors (Lipinski definition) is 1. The van der Waals surface area contributed by atoms with E-state index in [2.05, 4.69) is 21.2 Å². The van der Waals surface area contributed by atoms with E-state index in [0.717, 1.165) is 16.7 Å². The Morgan fingerprint density at radius 3 is 2.82 bits per heavy atom. The quantitative estimate of drug-likeness (QED) is 0.821. The normalized spacial score (nSPS) is 14.4. The standard InChI is InChI=1S/C12H18BrNO3/c1-4-8(2)11(12(15)16-3)14-7-10-9(13)5-6-17-10/h5-6,8,11,14H,4,7H2,1-3H3. The van der Waals surface area contributed by atoms with Crippen LogP contribution in [0, 0.1) is 5.92 Å². The lowest BCUT2D eigenvalue weighted by atomic mass is 9.99. The maximum atomic E-state index is 11.6. The molecule has 0 aliphatic rings. The largest absolute Gasteiger partial charge is 0.468 e. The van der Waals surface area contributed by atoms with Crippen molar-refractivity contribution in [2.24, 2.45) is 5.92 Å². The van der Waals surface area contributed by atoms with Crippen molar-refractivity contribution in [1.82, 2.24) is 5.32 Å². The molecule has 17 heavy (non-hydrogen) atoms. The number of methoxy groups -OCH3 is 1. The van der Waals surface area contributed by atoms with Gasteiger partial charge in [-0.25, -0.2) is 0 Å². The third kappa shape index (κ3) is 3.85. The van der Waals surface area contributed by atoms with Crippen molar-refractivity contribution in [3.63, 3.8) is 0 Å². The zero-order valence-electron chi connectivity index (χ0n) is 10.3. The molecule has 1 aromatic heterocycles. The summed E-state index contributed by atoms with van der Waals surface area (Å²) in [5.74, 6) is 0.764. The van der Waals surface area contributed by atoms with Crippen molar-refractivity contribution in [3.8, 4) is 0 Å². The first-order valence-electron chi connectivity index (χ1n) is 5.63. The molecule has 4 nitrogen and oxygen atoms in total. The predicted molar refractivity (Wildman–Crippen MR) is 68.5 cm³/mol. The maximum absolute atomic E-state index is 11.6. The first kappa shape index (κ1) is 14.3. The molecule has 0 fully saturated rings. The lowest BCUT2D eigenvalue weighted by Crippen LogP contribution is -2.42. The van der Waals surface area contributed by atoms with Gasteiger partial charge in [0.15, 0.2) is 0 Å². The second-order valence-corrected chi connectivity index (χ2v) is 4.81. The summed E-state index contributed by atoms with van der Waals surface area (Å²) >= 11 is 3.37. The van der Waals surface area contributed by atoms with Crippen LogP contribution in [0.5, 0.6) is 0 Å². The van der Waals surface area contributed by atoms with Gasteiger partial charge in [0, 0.05) is 0 Å². The van der Waals surface area contributed by atoms with E-state index < -0.39 is 0 Å². The van der Waals surface area contributed by atoms with Gasteiger partial charge in [0.25, 0.3) is 0 Å². The smallest absolute Gasteiger partial charge is 0.323 e. The highest BCUT2D eigenvalue weighted by Crippen LogP contribution is 2.18. The Morgan fingerprint density at radius 2 is 2.35 bits per heavy atom. The zero-order chi connectivity index (χ0) is 12.8. The molecule has 2 unspecified atom stereocenters. The number of furan rings is 1. The van der Waals surface area contributed by atoms with E-state index in [9.17, 15) is 4.79 Å². The highest BCUT2D eigenvalue weighted by molar-refractivity contribution is 9.10. The molecule has 5 heteroatoms. The number of nitrogens with one attached hydrogen (secondary N) is 1. The molecule has 0 radical (unpaired) electrons. The molecule has 0 bridgehead atoms. The second-order valence-electron chi connectivity index (χ2n) is 3.96. The number of hydrogen-bond acceptors (Lipinski definition) is 4. The highest BCUT2D eigenvalue weighted by atomic mass is 79.9. The molecule has 1 aromatic rings. The van der Waals surface area contributed by atoms with E-state index >= 15 is 0 Å². The molecule has 96 valence electrons. The monoisotopic (exact) mass is 303 g/mol. The second kappa shape index (κ2) is 6.81. The molecular formula is C12H18BrNO3. The maximum Gasteiger partial charge on any atom is 0.323 e. The fourth-order valence-corrected chi connectivity index (χ4v) is 1.87. The number of rotatable bonds is 6. The van der Waals surface area contributed by atoms with Gasteiger partial charge in [0.1, 0.15) is 11.8 Å². The minimum atomic E-state index is -0.304. The number of ether oxygens (including phenoxy) is 1. The van der Waals surface area contributed by atoms with Crippen LogP contribution in [0.15, 0.2) is 21.2 Å². The summed E-state index contributed by atoms with van der Waals surface area (Å²) in [4.78, 5) is 11.6. The third-order valence-corrected chi connectivity index (χ3v) is 3.55. The number of esters is 1. The summed E-state index contributed by atoms with van der Waals surface area (Å²) in [5, 5.41) is 3.17. The predicted octanol–water partition coefficient (Wildman–Crippen LogP) is 2.72.